The Morgan fingerprint density at radius 2 is 2.21 bits per heavy atom. The Hall–Kier alpha value is -1.23. The molecule has 0 spiro atoms. The van der Waals surface area contributed by atoms with Gasteiger partial charge in [-0.05, 0) is 49.8 Å². The van der Waals surface area contributed by atoms with Gasteiger partial charge in [0.15, 0.2) is 0 Å². The van der Waals surface area contributed by atoms with E-state index >= 15 is 0 Å². The molecule has 5 heteroatoms. The van der Waals surface area contributed by atoms with E-state index in [0.717, 1.165) is 24.3 Å². The van der Waals surface area contributed by atoms with E-state index in [1.165, 1.54) is 12.1 Å². The minimum Gasteiger partial charge on any atom is -0.464 e. The number of nitrogens with one attached hydrogen (secondary N) is 1. The molecule has 2 rings (SSSR count). The second-order valence-electron chi connectivity index (χ2n) is 4.59. The van der Waals surface area contributed by atoms with E-state index in [2.05, 4.69) is 5.32 Å². The van der Waals surface area contributed by atoms with Crippen LogP contribution in [0.4, 0.5) is 10.1 Å². The number of hydrogen-bond donors (Lipinski definition) is 1. The fraction of sp³-hybridized carbons (Fsp3) is 0.500. The Bertz CT molecular complexity index is 430. The van der Waals surface area contributed by atoms with Crippen molar-refractivity contribution < 1.29 is 13.9 Å². The molecule has 1 heterocycles. The van der Waals surface area contributed by atoms with Gasteiger partial charge in [0.25, 0.3) is 0 Å². The van der Waals surface area contributed by atoms with Crippen molar-refractivity contribution in [2.75, 3.05) is 23.4 Å². The van der Waals surface area contributed by atoms with Crippen LogP contribution in [0.2, 0.25) is 0 Å². The van der Waals surface area contributed by atoms with Crippen LogP contribution >= 0.6 is 11.8 Å². The number of benzene rings is 1. The summed E-state index contributed by atoms with van der Waals surface area (Å²) in [5, 5.41) is 3.24. The first kappa shape index (κ1) is 14.2. The highest BCUT2D eigenvalue weighted by atomic mass is 32.2. The third kappa shape index (κ3) is 3.41. The highest BCUT2D eigenvalue weighted by molar-refractivity contribution is 7.99. The molecule has 0 radical (unpaired) electrons. The summed E-state index contributed by atoms with van der Waals surface area (Å²) in [6.45, 7) is 2.18. The van der Waals surface area contributed by atoms with Crippen molar-refractivity contribution in [3.05, 3.63) is 30.1 Å². The summed E-state index contributed by atoms with van der Waals surface area (Å²) in [4.78, 5) is 12.2. The zero-order chi connectivity index (χ0) is 13.7. The molecule has 104 valence electrons. The fourth-order valence-electron chi connectivity index (χ4n) is 2.18. The fourth-order valence-corrected chi connectivity index (χ4v) is 3.36. The van der Waals surface area contributed by atoms with Crippen LogP contribution in [0.5, 0.6) is 0 Å². The molecule has 3 nitrogen and oxygen atoms in total. The maximum absolute atomic E-state index is 12.9. The Labute approximate surface area is 116 Å². The normalized spacial score (nSPS) is 22.8. The largest absolute Gasteiger partial charge is 0.464 e. The molecule has 1 fully saturated rings. The molecule has 1 saturated heterocycles. The van der Waals surface area contributed by atoms with Crippen LogP contribution in [0.1, 0.15) is 19.8 Å². The topological polar surface area (TPSA) is 38.3 Å². The summed E-state index contributed by atoms with van der Waals surface area (Å²) in [5.74, 6) is 1.25. The van der Waals surface area contributed by atoms with Gasteiger partial charge in [-0.15, -0.1) is 0 Å². The summed E-state index contributed by atoms with van der Waals surface area (Å²) in [6, 6.07) is 6.07. The van der Waals surface area contributed by atoms with Crippen molar-refractivity contribution in [2.24, 2.45) is 0 Å². The number of esters is 1. The maximum Gasteiger partial charge on any atom is 0.332 e. The first-order valence-electron chi connectivity index (χ1n) is 6.45. The second kappa shape index (κ2) is 6.28. The summed E-state index contributed by atoms with van der Waals surface area (Å²) in [5.41, 5.74) is 0.0634. The molecule has 0 aromatic heterocycles. The standard InChI is InChI=1S/C14H18FNO2S/c1-2-18-13(17)14(8-3-9-19-10-14)16-12-6-4-11(15)5-7-12/h4-7,16H,2-3,8-10H2,1H3. The van der Waals surface area contributed by atoms with Gasteiger partial charge in [-0.3, -0.25) is 0 Å². The molecule has 1 aromatic carbocycles. The van der Waals surface area contributed by atoms with Gasteiger partial charge < -0.3 is 10.1 Å². The lowest BCUT2D eigenvalue weighted by molar-refractivity contribution is -0.148. The third-order valence-corrected chi connectivity index (χ3v) is 4.41. The van der Waals surface area contributed by atoms with Gasteiger partial charge in [-0.1, -0.05) is 0 Å². The molecule has 0 aliphatic carbocycles. The highest BCUT2D eigenvalue weighted by Crippen LogP contribution is 2.31. The number of halogens is 1. The molecule has 1 atom stereocenters. The molecule has 19 heavy (non-hydrogen) atoms. The van der Waals surface area contributed by atoms with Gasteiger partial charge in [0.05, 0.1) is 6.61 Å². The second-order valence-corrected chi connectivity index (χ2v) is 5.70. The Morgan fingerprint density at radius 3 is 2.79 bits per heavy atom. The maximum atomic E-state index is 12.9. The average Bonchev–Trinajstić information content (AvgIpc) is 2.43. The number of anilines is 1. The van der Waals surface area contributed by atoms with E-state index in [1.54, 1.807) is 30.8 Å². The van der Waals surface area contributed by atoms with Crippen LogP contribution in [0.15, 0.2) is 24.3 Å². The van der Waals surface area contributed by atoms with Gasteiger partial charge in [0.2, 0.25) is 0 Å². The van der Waals surface area contributed by atoms with Crippen molar-refractivity contribution in [3.63, 3.8) is 0 Å². The smallest absolute Gasteiger partial charge is 0.332 e. The van der Waals surface area contributed by atoms with Crippen LogP contribution in [-0.2, 0) is 9.53 Å². The van der Waals surface area contributed by atoms with E-state index in [1.807, 2.05) is 0 Å². The van der Waals surface area contributed by atoms with Crippen LogP contribution in [-0.4, -0.2) is 29.6 Å². The summed E-state index contributed by atoms with van der Waals surface area (Å²) >= 11 is 1.74. The SMILES string of the molecule is CCOC(=O)C1(Nc2ccc(F)cc2)CCCSC1. The number of hydrogen-bond acceptors (Lipinski definition) is 4. The number of thioether (sulfide) groups is 1. The molecule has 0 amide bonds. The molecule has 0 saturated carbocycles. The minimum absolute atomic E-state index is 0.216. The lowest BCUT2D eigenvalue weighted by Crippen LogP contribution is -2.51. The average molecular weight is 283 g/mol. The lowest BCUT2D eigenvalue weighted by Gasteiger charge is -2.36. The predicted octanol–water partition coefficient (Wildman–Crippen LogP) is 3.07. The monoisotopic (exact) mass is 283 g/mol. The zero-order valence-electron chi connectivity index (χ0n) is 10.9. The Kier molecular flexibility index (Phi) is 4.69. The van der Waals surface area contributed by atoms with Gasteiger partial charge in [-0.25, -0.2) is 9.18 Å². The molecule has 1 aromatic rings. The number of ether oxygens (including phenoxy) is 1. The number of rotatable bonds is 4. The lowest BCUT2D eigenvalue weighted by atomic mass is 9.95. The van der Waals surface area contributed by atoms with Gasteiger partial charge in [-0.2, -0.15) is 11.8 Å². The zero-order valence-corrected chi connectivity index (χ0v) is 11.8. The van der Waals surface area contributed by atoms with Crippen molar-refractivity contribution in [1.29, 1.82) is 0 Å². The van der Waals surface area contributed by atoms with E-state index in [9.17, 15) is 9.18 Å². The third-order valence-electron chi connectivity index (χ3n) is 3.13. The Balaban J connectivity index is 2.17. The van der Waals surface area contributed by atoms with Crippen molar-refractivity contribution in [2.45, 2.75) is 25.3 Å². The summed E-state index contributed by atoms with van der Waals surface area (Å²) in [6.07, 6.45) is 1.72. The predicted molar refractivity (Wildman–Crippen MR) is 75.9 cm³/mol. The molecule has 1 unspecified atom stereocenters. The van der Waals surface area contributed by atoms with Crippen LogP contribution in [0, 0.1) is 5.82 Å². The van der Waals surface area contributed by atoms with E-state index in [4.69, 9.17) is 4.74 Å². The van der Waals surface area contributed by atoms with Crippen LogP contribution in [0.3, 0.4) is 0 Å². The molecular formula is C14H18FNO2S. The van der Waals surface area contributed by atoms with E-state index in [-0.39, 0.29) is 11.8 Å². The minimum atomic E-state index is -0.684. The van der Waals surface area contributed by atoms with Crippen molar-refractivity contribution in [3.8, 4) is 0 Å². The van der Waals surface area contributed by atoms with Gasteiger partial charge in [0.1, 0.15) is 11.4 Å². The molecule has 1 N–H and O–H groups in total. The number of carbonyl (C=O) groups is 1. The van der Waals surface area contributed by atoms with Gasteiger partial charge >= 0.3 is 5.97 Å². The molecule has 0 bridgehead atoms. The number of carbonyl (C=O) groups excluding carboxylic acids is 1. The van der Waals surface area contributed by atoms with Crippen molar-refractivity contribution in [1.82, 2.24) is 0 Å². The first-order chi connectivity index (χ1) is 9.16. The Morgan fingerprint density at radius 1 is 1.47 bits per heavy atom. The van der Waals surface area contributed by atoms with E-state index in [0.29, 0.717) is 12.4 Å². The molecule has 1 aliphatic rings. The van der Waals surface area contributed by atoms with Crippen molar-refractivity contribution >= 4 is 23.4 Å². The molecular weight excluding hydrogens is 265 g/mol. The highest BCUT2D eigenvalue weighted by Gasteiger charge is 2.41. The first-order valence-corrected chi connectivity index (χ1v) is 7.60. The summed E-state index contributed by atoms with van der Waals surface area (Å²) < 4.78 is 18.1. The molecule has 1 aliphatic heterocycles. The van der Waals surface area contributed by atoms with Gasteiger partial charge in [0, 0.05) is 11.4 Å². The summed E-state index contributed by atoms with van der Waals surface area (Å²) in [7, 11) is 0. The van der Waals surface area contributed by atoms with Crippen LogP contribution < -0.4 is 5.32 Å². The van der Waals surface area contributed by atoms with E-state index < -0.39 is 5.54 Å². The quantitative estimate of drug-likeness (QED) is 0.862. The van der Waals surface area contributed by atoms with Crippen LogP contribution in [0.25, 0.3) is 0 Å².